The Morgan fingerprint density at radius 3 is 2.81 bits per heavy atom. The topological polar surface area (TPSA) is 24.5 Å². The van der Waals surface area contributed by atoms with Crippen LogP contribution in [0.2, 0.25) is 0 Å². The van der Waals surface area contributed by atoms with Crippen molar-refractivity contribution >= 4 is 0 Å². The molecule has 3 nitrogen and oxygen atoms in total. The van der Waals surface area contributed by atoms with Crippen LogP contribution >= 0.6 is 0 Å². The number of ether oxygens (including phenoxy) is 1. The lowest BCUT2D eigenvalue weighted by Crippen LogP contribution is -2.43. The third kappa shape index (κ3) is 4.04. The first kappa shape index (κ1) is 12.3. The average molecular weight is 226 g/mol. The lowest BCUT2D eigenvalue weighted by molar-refractivity contribution is 0.142. The van der Waals surface area contributed by atoms with E-state index in [1.807, 2.05) is 0 Å². The van der Waals surface area contributed by atoms with Gasteiger partial charge < -0.3 is 15.0 Å². The molecule has 0 aromatic carbocycles. The highest BCUT2D eigenvalue weighted by atomic mass is 16.5. The van der Waals surface area contributed by atoms with Crippen LogP contribution in [0.3, 0.4) is 0 Å². The number of hydrogen-bond donors (Lipinski definition) is 1. The van der Waals surface area contributed by atoms with Crippen molar-refractivity contribution in [3.63, 3.8) is 0 Å². The van der Waals surface area contributed by atoms with E-state index in [2.05, 4.69) is 17.1 Å². The van der Waals surface area contributed by atoms with Crippen LogP contribution in [0.15, 0.2) is 0 Å². The van der Waals surface area contributed by atoms with Gasteiger partial charge in [-0.15, -0.1) is 0 Å². The van der Waals surface area contributed by atoms with Gasteiger partial charge in [-0.25, -0.2) is 0 Å². The van der Waals surface area contributed by atoms with Crippen LogP contribution in [0.4, 0.5) is 0 Å². The van der Waals surface area contributed by atoms with Crippen LogP contribution in [0.5, 0.6) is 0 Å². The molecule has 0 aromatic rings. The minimum atomic E-state index is 0.626. The van der Waals surface area contributed by atoms with Gasteiger partial charge in [-0.1, -0.05) is 0 Å². The predicted molar refractivity (Wildman–Crippen MR) is 66.7 cm³/mol. The van der Waals surface area contributed by atoms with Crippen molar-refractivity contribution in [2.45, 2.75) is 51.1 Å². The molecule has 0 saturated carbocycles. The molecule has 2 heterocycles. The van der Waals surface area contributed by atoms with Gasteiger partial charge >= 0.3 is 0 Å². The second-order valence-corrected chi connectivity index (χ2v) is 5.32. The summed E-state index contributed by atoms with van der Waals surface area (Å²) >= 11 is 0. The summed E-state index contributed by atoms with van der Waals surface area (Å²) in [5, 5.41) is 3.76. The zero-order chi connectivity index (χ0) is 11.2. The maximum atomic E-state index is 5.49. The summed E-state index contributed by atoms with van der Waals surface area (Å²) < 4.78 is 5.49. The molecule has 2 unspecified atom stereocenters. The SMILES string of the molecule is CC(CN1CCCC1)NC1CCCOCC1. The average Bonchev–Trinajstić information content (AvgIpc) is 2.62. The van der Waals surface area contributed by atoms with Crippen LogP contribution in [-0.4, -0.2) is 49.8 Å². The highest BCUT2D eigenvalue weighted by Gasteiger charge is 2.18. The van der Waals surface area contributed by atoms with E-state index in [-0.39, 0.29) is 0 Å². The highest BCUT2D eigenvalue weighted by molar-refractivity contribution is 4.77. The molecule has 0 bridgehead atoms. The summed E-state index contributed by atoms with van der Waals surface area (Å²) in [4.78, 5) is 2.59. The maximum absolute atomic E-state index is 5.49. The van der Waals surface area contributed by atoms with Gasteiger partial charge in [-0.3, -0.25) is 0 Å². The molecule has 2 atom stereocenters. The Kier molecular flexibility index (Phi) is 5.07. The van der Waals surface area contributed by atoms with Gasteiger partial charge in [-0.2, -0.15) is 0 Å². The minimum Gasteiger partial charge on any atom is -0.381 e. The van der Waals surface area contributed by atoms with Crippen molar-refractivity contribution in [3.05, 3.63) is 0 Å². The first-order valence-corrected chi connectivity index (χ1v) is 6.91. The van der Waals surface area contributed by atoms with Gasteiger partial charge in [0.25, 0.3) is 0 Å². The number of nitrogens with zero attached hydrogens (tertiary/aromatic N) is 1. The van der Waals surface area contributed by atoms with Crippen molar-refractivity contribution in [2.24, 2.45) is 0 Å². The predicted octanol–water partition coefficient (Wildman–Crippen LogP) is 1.63. The standard InChI is InChI=1S/C13H26N2O/c1-12(11-15-7-2-3-8-15)14-13-5-4-9-16-10-6-13/h12-14H,2-11H2,1H3. The Bertz CT molecular complexity index is 184. The zero-order valence-corrected chi connectivity index (χ0v) is 10.6. The van der Waals surface area contributed by atoms with E-state index in [1.165, 1.54) is 51.7 Å². The third-order valence-corrected chi connectivity index (χ3v) is 3.70. The molecular formula is C13H26N2O. The number of nitrogens with one attached hydrogen (secondary N) is 1. The summed E-state index contributed by atoms with van der Waals surface area (Å²) in [6.07, 6.45) is 6.47. The second kappa shape index (κ2) is 6.58. The van der Waals surface area contributed by atoms with Gasteiger partial charge in [0.15, 0.2) is 0 Å². The molecule has 2 saturated heterocycles. The smallest absolute Gasteiger partial charge is 0.0480 e. The van der Waals surface area contributed by atoms with Gasteiger partial charge in [0.1, 0.15) is 0 Å². The molecule has 0 aliphatic carbocycles. The molecular weight excluding hydrogens is 200 g/mol. The third-order valence-electron chi connectivity index (χ3n) is 3.70. The molecule has 2 aliphatic rings. The fourth-order valence-electron chi connectivity index (χ4n) is 2.88. The van der Waals surface area contributed by atoms with Crippen molar-refractivity contribution in [1.29, 1.82) is 0 Å². The van der Waals surface area contributed by atoms with Crippen molar-refractivity contribution in [3.8, 4) is 0 Å². The summed E-state index contributed by atoms with van der Waals surface area (Å²) in [5.74, 6) is 0. The summed E-state index contributed by atoms with van der Waals surface area (Å²) in [6.45, 7) is 8.05. The largest absolute Gasteiger partial charge is 0.381 e. The van der Waals surface area contributed by atoms with E-state index < -0.39 is 0 Å². The monoisotopic (exact) mass is 226 g/mol. The zero-order valence-electron chi connectivity index (χ0n) is 10.6. The Balaban J connectivity index is 1.66. The molecule has 94 valence electrons. The summed E-state index contributed by atoms with van der Waals surface area (Å²) in [6, 6.07) is 1.31. The maximum Gasteiger partial charge on any atom is 0.0480 e. The van der Waals surface area contributed by atoms with Crippen LogP contribution in [0.25, 0.3) is 0 Å². The van der Waals surface area contributed by atoms with E-state index in [1.54, 1.807) is 0 Å². The number of likely N-dealkylation sites (tertiary alicyclic amines) is 1. The fraction of sp³-hybridized carbons (Fsp3) is 1.00. The minimum absolute atomic E-state index is 0.626. The molecule has 0 aromatic heterocycles. The van der Waals surface area contributed by atoms with E-state index in [9.17, 15) is 0 Å². The van der Waals surface area contributed by atoms with E-state index in [4.69, 9.17) is 4.74 Å². The van der Waals surface area contributed by atoms with Gasteiger partial charge in [-0.05, 0) is 52.1 Å². The Morgan fingerprint density at radius 2 is 2.00 bits per heavy atom. The van der Waals surface area contributed by atoms with Gasteiger partial charge in [0.05, 0.1) is 0 Å². The first-order chi connectivity index (χ1) is 7.84. The van der Waals surface area contributed by atoms with Crippen LogP contribution in [0.1, 0.15) is 39.0 Å². The summed E-state index contributed by atoms with van der Waals surface area (Å²) in [5.41, 5.74) is 0. The molecule has 2 fully saturated rings. The normalized spacial score (nSPS) is 30.2. The number of hydrogen-bond acceptors (Lipinski definition) is 3. The van der Waals surface area contributed by atoms with E-state index >= 15 is 0 Å². The van der Waals surface area contributed by atoms with E-state index in [0.717, 1.165) is 13.2 Å². The number of rotatable bonds is 4. The Hall–Kier alpha value is -0.120. The molecule has 16 heavy (non-hydrogen) atoms. The Labute approximate surface area is 99.5 Å². The van der Waals surface area contributed by atoms with Crippen molar-refractivity contribution in [2.75, 3.05) is 32.8 Å². The second-order valence-electron chi connectivity index (χ2n) is 5.32. The van der Waals surface area contributed by atoms with E-state index in [0.29, 0.717) is 12.1 Å². The van der Waals surface area contributed by atoms with Crippen molar-refractivity contribution in [1.82, 2.24) is 10.2 Å². The van der Waals surface area contributed by atoms with Crippen LogP contribution in [-0.2, 0) is 4.74 Å². The lowest BCUT2D eigenvalue weighted by atomic mass is 10.1. The van der Waals surface area contributed by atoms with Crippen LogP contribution < -0.4 is 5.32 Å². The molecule has 2 aliphatic heterocycles. The molecule has 3 heteroatoms. The highest BCUT2D eigenvalue weighted by Crippen LogP contribution is 2.11. The van der Waals surface area contributed by atoms with Crippen molar-refractivity contribution < 1.29 is 4.74 Å². The quantitative estimate of drug-likeness (QED) is 0.788. The molecule has 0 amide bonds. The fourth-order valence-corrected chi connectivity index (χ4v) is 2.88. The van der Waals surface area contributed by atoms with Crippen LogP contribution in [0, 0.1) is 0 Å². The van der Waals surface area contributed by atoms with Gasteiger partial charge in [0, 0.05) is 31.8 Å². The summed E-state index contributed by atoms with van der Waals surface area (Å²) in [7, 11) is 0. The van der Waals surface area contributed by atoms with Gasteiger partial charge in [0.2, 0.25) is 0 Å². The molecule has 0 spiro atoms. The molecule has 0 radical (unpaired) electrons. The Morgan fingerprint density at radius 1 is 1.19 bits per heavy atom. The first-order valence-electron chi connectivity index (χ1n) is 6.91. The molecule has 1 N–H and O–H groups in total. The molecule has 2 rings (SSSR count). The lowest BCUT2D eigenvalue weighted by Gasteiger charge is -2.25.